The van der Waals surface area contributed by atoms with Gasteiger partial charge in [-0.25, -0.2) is 0 Å². The maximum Gasteiger partial charge on any atom is 0.258 e. The predicted octanol–water partition coefficient (Wildman–Crippen LogP) is 2.31. The van der Waals surface area contributed by atoms with Gasteiger partial charge in [-0.1, -0.05) is 38.5 Å². The molecule has 0 aromatic heterocycles. The maximum atomic E-state index is 11.9. The van der Waals surface area contributed by atoms with Gasteiger partial charge in [0.05, 0.1) is 0 Å². The zero-order valence-corrected chi connectivity index (χ0v) is 15.1. The molecule has 1 fully saturated rings. The molecule has 24 heavy (non-hydrogen) atoms. The summed E-state index contributed by atoms with van der Waals surface area (Å²) in [6, 6.07) is 6.00. The van der Waals surface area contributed by atoms with E-state index < -0.39 is 0 Å². The quantitative estimate of drug-likeness (QED) is 0.753. The molecule has 1 saturated carbocycles. The molecular weight excluding hydrogens is 304 g/mol. The first-order chi connectivity index (χ1) is 11.3. The standard InChI is InChI=1S/C19H28N2O3/c1-13-5-8-16(15(11-13)19(2,3)4)24-12-17(22)20-9-10-21-18(23)14-6-7-14/h5,8,11,14H,6-7,9-10,12H2,1-4H3,(H,20,22)(H,21,23). The Bertz CT molecular complexity index is 601. The summed E-state index contributed by atoms with van der Waals surface area (Å²) in [6.45, 7) is 9.26. The normalized spacial score (nSPS) is 14.2. The number of rotatable bonds is 7. The van der Waals surface area contributed by atoms with Gasteiger partial charge in [-0.3, -0.25) is 9.59 Å². The van der Waals surface area contributed by atoms with Gasteiger partial charge in [-0.2, -0.15) is 0 Å². The fourth-order valence-corrected chi connectivity index (χ4v) is 2.43. The molecule has 1 aromatic carbocycles. The smallest absolute Gasteiger partial charge is 0.258 e. The fourth-order valence-electron chi connectivity index (χ4n) is 2.43. The van der Waals surface area contributed by atoms with Crippen molar-refractivity contribution in [2.24, 2.45) is 5.92 Å². The molecule has 0 aliphatic heterocycles. The van der Waals surface area contributed by atoms with Crippen LogP contribution in [0.2, 0.25) is 0 Å². The molecule has 0 unspecified atom stereocenters. The molecule has 0 bridgehead atoms. The van der Waals surface area contributed by atoms with Crippen molar-refractivity contribution in [3.8, 4) is 5.75 Å². The lowest BCUT2D eigenvalue weighted by Gasteiger charge is -2.23. The number of hydrogen-bond donors (Lipinski definition) is 2. The first-order valence-corrected chi connectivity index (χ1v) is 8.55. The summed E-state index contributed by atoms with van der Waals surface area (Å²) >= 11 is 0. The lowest BCUT2D eigenvalue weighted by Crippen LogP contribution is -2.37. The minimum Gasteiger partial charge on any atom is -0.483 e. The van der Waals surface area contributed by atoms with E-state index >= 15 is 0 Å². The molecule has 0 saturated heterocycles. The zero-order valence-electron chi connectivity index (χ0n) is 15.1. The monoisotopic (exact) mass is 332 g/mol. The van der Waals surface area contributed by atoms with Gasteiger partial charge in [0.15, 0.2) is 6.61 Å². The van der Waals surface area contributed by atoms with Gasteiger partial charge in [0.1, 0.15) is 5.75 Å². The SMILES string of the molecule is Cc1ccc(OCC(=O)NCCNC(=O)C2CC2)c(C(C)(C)C)c1. The molecule has 0 radical (unpaired) electrons. The van der Waals surface area contributed by atoms with E-state index in [9.17, 15) is 9.59 Å². The Morgan fingerprint density at radius 2 is 1.83 bits per heavy atom. The Kier molecular flexibility index (Phi) is 5.86. The number of carbonyl (C=O) groups excluding carboxylic acids is 2. The van der Waals surface area contributed by atoms with Gasteiger partial charge >= 0.3 is 0 Å². The number of benzene rings is 1. The molecule has 0 heterocycles. The Morgan fingerprint density at radius 3 is 2.46 bits per heavy atom. The third-order valence-corrected chi connectivity index (χ3v) is 4.00. The van der Waals surface area contributed by atoms with Crippen LogP contribution in [-0.2, 0) is 15.0 Å². The van der Waals surface area contributed by atoms with Crippen molar-refractivity contribution in [2.45, 2.75) is 46.0 Å². The molecule has 2 N–H and O–H groups in total. The number of amides is 2. The second-order valence-corrected chi connectivity index (χ2v) is 7.45. The average molecular weight is 332 g/mol. The van der Waals surface area contributed by atoms with Crippen LogP contribution >= 0.6 is 0 Å². The summed E-state index contributed by atoms with van der Waals surface area (Å²) in [7, 11) is 0. The van der Waals surface area contributed by atoms with Crippen LogP contribution in [0.25, 0.3) is 0 Å². The van der Waals surface area contributed by atoms with Crippen molar-refractivity contribution in [2.75, 3.05) is 19.7 Å². The molecule has 132 valence electrons. The highest BCUT2D eigenvalue weighted by molar-refractivity contribution is 5.81. The number of ether oxygens (including phenoxy) is 1. The van der Waals surface area contributed by atoms with Crippen LogP contribution in [0.3, 0.4) is 0 Å². The highest BCUT2D eigenvalue weighted by atomic mass is 16.5. The highest BCUT2D eigenvalue weighted by Crippen LogP contribution is 2.32. The molecule has 1 aliphatic carbocycles. The fraction of sp³-hybridized carbons (Fsp3) is 0.579. The molecule has 0 atom stereocenters. The minimum atomic E-state index is -0.184. The zero-order chi connectivity index (χ0) is 17.7. The van der Waals surface area contributed by atoms with Crippen LogP contribution in [0.1, 0.15) is 44.7 Å². The van der Waals surface area contributed by atoms with E-state index in [0.717, 1.165) is 24.2 Å². The summed E-state index contributed by atoms with van der Waals surface area (Å²) in [5.41, 5.74) is 2.21. The molecule has 0 spiro atoms. The van der Waals surface area contributed by atoms with E-state index in [-0.39, 0.29) is 29.8 Å². The van der Waals surface area contributed by atoms with Crippen LogP contribution in [-0.4, -0.2) is 31.5 Å². The van der Waals surface area contributed by atoms with E-state index in [1.807, 2.05) is 19.1 Å². The maximum absolute atomic E-state index is 11.9. The minimum absolute atomic E-state index is 0.0251. The summed E-state index contributed by atoms with van der Waals surface area (Å²) in [5, 5.41) is 5.57. The summed E-state index contributed by atoms with van der Waals surface area (Å²) in [6.07, 6.45) is 1.97. The largest absolute Gasteiger partial charge is 0.483 e. The van der Waals surface area contributed by atoms with Gasteiger partial charge in [0.25, 0.3) is 5.91 Å². The number of carbonyl (C=O) groups is 2. The first kappa shape index (κ1) is 18.3. The second-order valence-electron chi connectivity index (χ2n) is 7.45. The Morgan fingerprint density at radius 1 is 1.17 bits per heavy atom. The molecule has 5 nitrogen and oxygen atoms in total. The van der Waals surface area contributed by atoms with Crippen molar-refractivity contribution in [1.29, 1.82) is 0 Å². The van der Waals surface area contributed by atoms with Crippen LogP contribution in [0.4, 0.5) is 0 Å². The topological polar surface area (TPSA) is 67.4 Å². The van der Waals surface area contributed by atoms with E-state index in [0.29, 0.717) is 13.1 Å². The van der Waals surface area contributed by atoms with E-state index in [1.54, 1.807) is 0 Å². The lowest BCUT2D eigenvalue weighted by atomic mass is 9.85. The summed E-state index contributed by atoms with van der Waals surface area (Å²) in [4.78, 5) is 23.4. The van der Waals surface area contributed by atoms with Gasteiger partial charge in [0.2, 0.25) is 5.91 Å². The molecule has 1 aromatic rings. The van der Waals surface area contributed by atoms with Crippen molar-refractivity contribution in [3.05, 3.63) is 29.3 Å². The summed E-state index contributed by atoms with van der Waals surface area (Å²) < 4.78 is 5.71. The van der Waals surface area contributed by atoms with E-state index in [2.05, 4.69) is 37.5 Å². The van der Waals surface area contributed by atoms with Crippen molar-refractivity contribution < 1.29 is 14.3 Å². The number of aryl methyl sites for hydroxylation is 1. The Balaban J connectivity index is 1.76. The Hall–Kier alpha value is -2.04. The second kappa shape index (κ2) is 7.69. The van der Waals surface area contributed by atoms with Gasteiger partial charge in [-0.05, 0) is 36.8 Å². The average Bonchev–Trinajstić information content (AvgIpc) is 3.34. The summed E-state index contributed by atoms with van der Waals surface area (Å²) in [5.74, 6) is 0.845. The van der Waals surface area contributed by atoms with E-state index in [4.69, 9.17) is 4.74 Å². The third-order valence-electron chi connectivity index (χ3n) is 4.00. The van der Waals surface area contributed by atoms with E-state index in [1.165, 1.54) is 5.56 Å². The molecule has 1 aliphatic rings. The van der Waals surface area contributed by atoms with Crippen molar-refractivity contribution in [1.82, 2.24) is 10.6 Å². The van der Waals surface area contributed by atoms with Crippen LogP contribution < -0.4 is 15.4 Å². The molecule has 2 amide bonds. The highest BCUT2D eigenvalue weighted by Gasteiger charge is 2.29. The Labute approximate surface area is 144 Å². The third kappa shape index (κ3) is 5.55. The van der Waals surface area contributed by atoms with Crippen LogP contribution in [0.15, 0.2) is 18.2 Å². The van der Waals surface area contributed by atoms with Crippen molar-refractivity contribution in [3.63, 3.8) is 0 Å². The molecule has 5 heteroatoms. The molecule has 2 rings (SSSR count). The lowest BCUT2D eigenvalue weighted by molar-refractivity contribution is -0.124. The van der Waals surface area contributed by atoms with Crippen LogP contribution in [0, 0.1) is 12.8 Å². The number of hydrogen-bond acceptors (Lipinski definition) is 3. The number of nitrogens with one attached hydrogen (secondary N) is 2. The van der Waals surface area contributed by atoms with Gasteiger partial charge < -0.3 is 15.4 Å². The van der Waals surface area contributed by atoms with Gasteiger partial charge in [0, 0.05) is 19.0 Å². The van der Waals surface area contributed by atoms with Crippen molar-refractivity contribution >= 4 is 11.8 Å². The molecular formula is C19H28N2O3. The predicted molar refractivity (Wildman–Crippen MR) is 94.1 cm³/mol. The van der Waals surface area contributed by atoms with Crippen LogP contribution in [0.5, 0.6) is 5.75 Å². The van der Waals surface area contributed by atoms with Gasteiger partial charge in [-0.15, -0.1) is 0 Å². The first-order valence-electron chi connectivity index (χ1n) is 8.55.